The molecule has 3 rings (SSSR count). The van der Waals surface area contributed by atoms with E-state index in [1.54, 1.807) is 76.8 Å². The van der Waals surface area contributed by atoms with Gasteiger partial charge in [0.1, 0.15) is 30.3 Å². The van der Waals surface area contributed by atoms with E-state index >= 15 is 0 Å². The van der Waals surface area contributed by atoms with Gasteiger partial charge in [-0.2, -0.15) is 0 Å². The van der Waals surface area contributed by atoms with Gasteiger partial charge in [0.05, 0.1) is 13.0 Å². The van der Waals surface area contributed by atoms with Gasteiger partial charge in [0.15, 0.2) is 0 Å². The predicted octanol–water partition coefficient (Wildman–Crippen LogP) is 6.37. The Morgan fingerprint density at radius 2 is 1.77 bits per heavy atom. The van der Waals surface area contributed by atoms with Crippen molar-refractivity contribution in [3.05, 3.63) is 53.1 Å². The second-order valence-corrected chi connectivity index (χ2v) is 11.4. The third-order valence-corrected chi connectivity index (χ3v) is 6.45. The number of ether oxygens (including phenoxy) is 4. The van der Waals surface area contributed by atoms with Crippen LogP contribution >= 0.6 is 0 Å². The van der Waals surface area contributed by atoms with Crippen LogP contribution in [0.2, 0.25) is 0 Å². The van der Waals surface area contributed by atoms with Gasteiger partial charge in [-0.3, -0.25) is 14.5 Å². The molecule has 0 N–H and O–H groups in total. The quantitative estimate of drug-likeness (QED) is 0.274. The molecule has 0 radical (unpaired) electrons. The standard InChI is InChI=1S/C31H39F3N2O7/c1-7-40-28(38)13-14-35(29(39)43-30(4,5)6)18-27(37)36-15-12-22-17-23(9-11-25(22)36)41-19-21-8-10-24(20(2)3)26(16-21)42-31(32,33)34/h8-11,16-17,20H,7,12-15,18-19H2,1-6H3. The van der Waals surface area contributed by atoms with E-state index in [1.165, 1.54) is 11.0 Å². The van der Waals surface area contributed by atoms with E-state index in [2.05, 4.69) is 4.74 Å². The summed E-state index contributed by atoms with van der Waals surface area (Å²) in [5, 5.41) is 0. The first-order chi connectivity index (χ1) is 20.1. The van der Waals surface area contributed by atoms with E-state index in [1.807, 2.05) is 0 Å². The molecule has 1 aliphatic heterocycles. The van der Waals surface area contributed by atoms with Crippen LogP contribution in [0.3, 0.4) is 0 Å². The monoisotopic (exact) mass is 608 g/mol. The van der Waals surface area contributed by atoms with Crippen molar-refractivity contribution >= 4 is 23.7 Å². The number of carbonyl (C=O) groups is 3. The molecule has 236 valence electrons. The number of hydrogen-bond acceptors (Lipinski definition) is 7. The molecular formula is C31H39F3N2O7. The molecule has 43 heavy (non-hydrogen) atoms. The van der Waals surface area contributed by atoms with E-state index in [0.29, 0.717) is 35.5 Å². The maximum absolute atomic E-state index is 13.3. The fraction of sp³-hybridized carbons (Fsp3) is 0.516. The van der Waals surface area contributed by atoms with Crippen LogP contribution in [-0.4, -0.2) is 61.1 Å². The molecule has 0 aromatic heterocycles. The van der Waals surface area contributed by atoms with Gasteiger partial charge >= 0.3 is 18.4 Å². The van der Waals surface area contributed by atoms with Crippen molar-refractivity contribution in [1.29, 1.82) is 0 Å². The van der Waals surface area contributed by atoms with Crippen molar-refractivity contribution in [1.82, 2.24) is 4.90 Å². The van der Waals surface area contributed by atoms with Gasteiger partial charge in [-0.15, -0.1) is 13.2 Å². The third kappa shape index (κ3) is 10.1. The van der Waals surface area contributed by atoms with Gasteiger partial charge < -0.3 is 23.8 Å². The topological polar surface area (TPSA) is 94.6 Å². The second-order valence-electron chi connectivity index (χ2n) is 11.4. The Morgan fingerprint density at radius 3 is 2.40 bits per heavy atom. The Bertz CT molecular complexity index is 1310. The SMILES string of the molecule is CCOC(=O)CCN(CC(=O)N1CCc2cc(OCc3ccc(C(C)C)c(OC(F)(F)F)c3)ccc21)C(=O)OC(C)(C)C. The Hall–Kier alpha value is -3.96. The maximum atomic E-state index is 13.3. The molecule has 0 fully saturated rings. The number of anilines is 1. The highest BCUT2D eigenvalue weighted by Gasteiger charge is 2.33. The van der Waals surface area contributed by atoms with Crippen LogP contribution in [0.25, 0.3) is 0 Å². The third-order valence-electron chi connectivity index (χ3n) is 6.45. The minimum atomic E-state index is -4.81. The highest BCUT2D eigenvalue weighted by molar-refractivity contribution is 5.98. The largest absolute Gasteiger partial charge is 0.573 e. The molecule has 0 unspecified atom stereocenters. The zero-order valence-corrected chi connectivity index (χ0v) is 25.4. The molecule has 1 aliphatic rings. The molecule has 2 aromatic carbocycles. The van der Waals surface area contributed by atoms with Crippen molar-refractivity contribution in [3.63, 3.8) is 0 Å². The summed E-state index contributed by atoms with van der Waals surface area (Å²) in [6, 6.07) is 9.81. The van der Waals surface area contributed by atoms with Gasteiger partial charge in [-0.1, -0.05) is 26.0 Å². The zero-order chi connectivity index (χ0) is 31.9. The van der Waals surface area contributed by atoms with Gasteiger partial charge in [0.2, 0.25) is 5.91 Å². The van der Waals surface area contributed by atoms with E-state index in [4.69, 9.17) is 14.2 Å². The summed E-state index contributed by atoms with van der Waals surface area (Å²) in [6.07, 6.45) is -5.06. The summed E-state index contributed by atoms with van der Waals surface area (Å²) in [6.45, 7) is 10.7. The second kappa shape index (κ2) is 14.0. The number of fused-ring (bicyclic) bond motifs is 1. The first-order valence-corrected chi connectivity index (χ1v) is 14.1. The summed E-state index contributed by atoms with van der Waals surface area (Å²) < 4.78 is 59.3. The number of carbonyl (C=O) groups excluding carboxylic acids is 3. The number of alkyl halides is 3. The molecule has 2 amide bonds. The normalized spacial score (nSPS) is 13.0. The van der Waals surface area contributed by atoms with Crippen molar-refractivity contribution in [2.45, 2.75) is 78.9 Å². The Morgan fingerprint density at radius 1 is 1.05 bits per heavy atom. The van der Waals surface area contributed by atoms with Crippen molar-refractivity contribution in [2.75, 3.05) is 31.1 Å². The number of hydrogen-bond donors (Lipinski definition) is 0. The predicted molar refractivity (Wildman–Crippen MR) is 153 cm³/mol. The molecule has 1 heterocycles. The molecule has 12 heteroatoms. The number of nitrogens with zero attached hydrogens (tertiary/aromatic N) is 2. The average Bonchev–Trinajstić information content (AvgIpc) is 3.31. The lowest BCUT2D eigenvalue weighted by Crippen LogP contribution is -2.45. The van der Waals surface area contributed by atoms with E-state index in [0.717, 1.165) is 5.56 Å². The van der Waals surface area contributed by atoms with Crippen LogP contribution in [0.1, 0.15) is 70.6 Å². The minimum absolute atomic E-state index is 0.0132. The summed E-state index contributed by atoms with van der Waals surface area (Å²) in [5.74, 6) is -0.756. The Kier molecular flexibility index (Phi) is 10.9. The van der Waals surface area contributed by atoms with E-state index in [-0.39, 0.29) is 50.3 Å². The maximum Gasteiger partial charge on any atom is 0.573 e. The molecule has 0 spiro atoms. The minimum Gasteiger partial charge on any atom is -0.489 e. The van der Waals surface area contributed by atoms with Crippen LogP contribution in [-0.2, 0) is 32.1 Å². The fourth-order valence-electron chi connectivity index (χ4n) is 4.52. The average molecular weight is 609 g/mol. The summed E-state index contributed by atoms with van der Waals surface area (Å²) in [5.41, 5.74) is 1.66. The van der Waals surface area contributed by atoms with E-state index < -0.39 is 24.0 Å². The molecule has 9 nitrogen and oxygen atoms in total. The summed E-state index contributed by atoms with van der Waals surface area (Å²) in [4.78, 5) is 40.7. The fourth-order valence-corrected chi connectivity index (χ4v) is 4.52. The molecule has 2 aromatic rings. The van der Waals surface area contributed by atoms with Crippen LogP contribution in [0.5, 0.6) is 11.5 Å². The van der Waals surface area contributed by atoms with Crippen LogP contribution in [0.15, 0.2) is 36.4 Å². The van der Waals surface area contributed by atoms with Crippen molar-refractivity contribution < 1.29 is 46.5 Å². The molecule has 0 atom stereocenters. The first kappa shape index (κ1) is 33.5. The summed E-state index contributed by atoms with van der Waals surface area (Å²) >= 11 is 0. The number of benzene rings is 2. The van der Waals surface area contributed by atoms with Gasteiger partial charge in [-0.25, -0.2) is 4.79 Å². The number of esters is 1. The van der Waals surface area contributed by atoms with Crippen molar-refractivity contribution in [2.24, 2.45) is 0 Å². The molecular weight excluding hydrogens is 569 g/mol. The Labute approximate surface area is 249 Å². The van der Waals surface area contributed by atoms with Gasteiger partial charge in [-0.05, 0) is 81.0 Å². The smallest absolute Gasteiger partial charge is 0.489 e. The highest BCUT2D eigenvalue weighted by atomic mass is 19.4. The Balaban J connectivity index is 1.69. The number of rotatable bonds is 11. The lowest BCUT2D eigenvalue weighted by atomic mass is 10.0. The lowest BCUT2D eigenvalue weighted by molar-refractivity contribution is -0.275. The molecule has 0 saturated heterocycles. The van der Waals surface area contributed by atoms with Gasteiger partial charge in [0.25, 0.3) is 0 Å². The lowest BCUT2D eigenvalue weighted by Gasteiger charge is -2.28. The summed E-state index contributed by atoms with van der Waals surface area (Å²) in [7, 11) is 0. The molecule has 0 saturated carbocycles. The van der Waals surface area contributed by atoms with Gasteiger partial charge in [0, 0.05) is 18.8 Å². The van der Waals surface area contributed by atoms with E-state index in [9.17, 15) is 27.6 Å². The highest BCUT2D eigenvalue weighted by Crippen LogP contribution is 2.34. The van der Waals surface area contributed by atoms with Crippen molar-refractivity contribution in [3.8, 4) is 11.5 Å². The molecule has 0 aliphatic carbocycles. The van der Waals surface area contributed by atoms with Crippen LogP contribution in [0.4, 0.5) is 23.7 Å². The van der Waals surface area contributed by atoms with Crippen LogP contribution < -0.4 is 14.4 Å². The zero-order valence-electron chi connectivity index (χ0n) is 25.4. The van der Waals surface area contributed by atoms with Crippen LogP contribution in [0, 0.1) is 0 Å². The first-order valence-electron chi connectivity index (χ1n) is 14.1. The number of halogens is 3. The molecule has 0 bridgehead atoms. The number of amides is 2.